The molecule has 2 N–H and O–H groups in total. The molecule has 21 heavy (non-hydrogen) atoms. The summed E-state index contributed by atoms with van der Waals surface area (Å²) in [6.45, 7) is 1.41. The zero-order chi connectivity index (χ0) is 15.4. The van der Waals surface area contributed by atoms with Crippen LogP contribution in [-0.4, -0.2) is 34.2 Å². The molecule has 5 heteroatoms. The average molecular weight is 287 g/mol. The molecule has 2 atom stereocenters. The van der Waals surface area contributed by atoms with Crippen LogP contribution in [0.4, 0.5) is 0 Å². The predicted molar refractivity (Wildman–Crippen MR) is 78.7 cm³/mol. The maximum Gasteiger partial charge on any atom is 0.328 e. The number of ketones is 1. The Labute approximate surface area is 122 Å². The van der Waals surface area contributed by atoms with Gasteiger partial charge in [0.05, 0.1) is 5.57 Å². The molecule has 110 valence electrons. The van der Waals surface area contributed by atoms with Gasteiger partial charge in [0.15, 0.2) is 5.78 Å². The Hall–Kier alpha value is -2.43. The lowest BCUT2D eigenvalue weighted by Gasteiger charge is -2.22. The molecule has 1 aromatic carbocycles. The van der Waals surface area contributed by atoms with Crippen LogP contribution < -0.4 is 0 Å². The third-order valence-electron chi connectivity index (χ3n) is 3.54. The van der Waals surface area contributed by atoms with E-state index >= 15 is 0 Å². The van der Waals surface area contributed by atoms with Crippen molar-refractivity contribution in [2.75, 3.05) is 0 Å². The molecule has 0 amide bonds. The summed E-state index contributed by atoms with van der Waals surface area (Å²) in [6, 6.07) is 8.60. The van der Waals surface area contributed by atoms with Gasteiger partial charge in [-0.25, -0.2) is 4.79 Å². The zero-order valence-electron chi connectivity index (χ0n) is 11.7. The van der Waals surface area contributed by atoms with Crippen molar-refractivity contribution in [2.45, 2.75) is 31.7 Å². The molecule has 2 unspecified atom stereocenters. The number of aliphatic imine (C=N–C) groups is 1. The van der Waals surface area contributed by atoms with Gasteiger partial charge < -0.3 is 10.2 Å². The highest BCUT2D eigenvalue weighted by molar-refractivity contribution is 6.14. The lowest BCUT2D eigenvalue weighted by Crippen LogP contribution is -2.20. The third-order valence-corrected chi connectivity index (χ3v) is 3.54. The van der Waals surface area contributed by atoms with Crippen LogP contribution in [0.1, 0.15) is 31.2 Å². The number of carbonyl (C=O) groups is 2. The third kappa shape index (κ3) is 3.56. The van der Waals surface area contributed by atoms with Gasteiger partial charge in [-0.2, -0.15) is 0 Å². The highest BCUT2D eigenvalue weighted by Crippen LogP contribution is 2.32. The summed E-state index contributed by atoms with van der Waals surface area (Å²) in [6.07, 6.45) is 1.83. The minimum absolute atomic E-state index is 0.0264. The maximum atomic E-state index is 12.1. The van der Waals surface area contributed by atoms with Crippen LogP contribution in [0.2, 0.25) is 0 Å². The van der Waals surface area contributed by atoms with E-state index < -0.39 is 12.0 Å². The van der Waals surface area contributed by atoms with Crippen LogP contribution in [0, 0.1) is 0 Å². The van der Waals surface area contributed by atoms with Crippen LogP contribution in [0.15, 0.2) is 46.7 Å². The lowest BCUT2D eigenvalue weighted by atomic mass is 9.83. The molecule has 1 aromatic rings. The Balaban J connectivity index is 2.18. The number of aliphatic hydroxyl groups is 1. The molecule has 0 spiro atoms. The molecule has 0 aromatic heterocycles. The van der Waals surface area contributed by atoms with E-state index in [1.54, 1.807) is 0 Å². The number of allylic oxidation sites excluding steroid dienone is 2. The number of nitrogens with zero attached hydrogens (tertiary/aromatic N) is 1. The van der Waals surface area contributed by atoms with Crippen molar-refractivity contribution < 1.29 is 19.8 Å². The Bertz CT molecular complexity index is 604. The molecule has 0 bridgehead atoms. The average Bonchev–Trinajstić information content (AvgIpc) is 2.46. The number of Topliss-reactive ketones (excluding diaryl/α,β-unsaturated/α-hetero) is 1. The molecule has 0 aliphatic heterocycles. The van der Waals surface area contributed by atoms with Gasteiger partial charge in [-0.1, -0.05) is 30.3 Å². The Morgan fingerprint density at radius 3 is 2.57 bits per heavy atom. The summed E-state index contributed by atoms with van der Waals surface area (Å²) in [5, 5.41) is 18.8. The van der Waals surface area contributed by atoms with E-state index in [4.69, 9.17) is 5.11 Å². The minimum atomic E-state index is -1.07. The second-order valence-corrected chi connectivity index (χ2v) is 5.09. The molecule has 1 aliphatic rings. The molecular weight excluding hydrogens is 270 g/mol. The molecule has 2 rings (SSSR count). The summed E-state index contributed by atoms with van der Waals surface area (Å²) in [5.74, 6) is -1.36. The van der Waals surface area contributed by atoms with E-state index in [0.29, 0.717) is 6.42 Å². The first-order valence-electron chi connectivity index (χ1n) is 6.75. The number of carboxylic acid groups (broad SMARTS) is 1. The first-order chi connectivity index (χ1) is 9.99. The number of benzene rings is 1. The molecular formula is C16H17NO4. The van der Waals surface area contributed by atoms with E-state index in [-0.39, 0.29) is 29.5 Å². The van der Waals surface area contributed by atoms with E-state index in [0.717, 1.165) is 5.56 Å². The number of hydrogen-bond acceptors (Lipinski definition) is 4. The van der Waals surface area contributed by atoms with E-state index in [2.05, 4.69) is 4.99 Å². The van der Waals surface area contributed by atoms with Gasteiger partial charge in [-0.05, 0) is 18.4 Å². The van der Waals surface area contributed by atoms with Crippen LogP contribution in [0.3, 0.4) is 0 Å². The monoisotopic (exact) mass is 287 g/mol. The number of aliphatic hydroxyl groups excluding tert-OH is 1. The topological polar surface area (TPSA) is 87.0 Å². The summed E-state index contributed by atoms with van der Waals surface area (Å²) in [4.78, 5) is 26.6. The second-order valence-electron chi connectivity index (χ2n) is 5.09. The zero-order valence-corrected chi connectivity index (χ0v) is 11.7. The SMILES string of the molecule is CC(N=CC1=C(O)CC(c2ccccc2)CC1=O)C(=O)O. The second kappa shape index (κ2) is 6.35. The van der Waals surface area contributed by atoms with Gasteiger partial charge >= 0.3 is 5.97 Å². The van der Waals surface area contributed by atoms with Crippen molar-refractivity contribution in [3.05, 3.63) is 47.2 Å². The van der Waals surface area contributed by atoms with Crippen molar-refractivity contribution in [3.8, 4) is 0 Å². The lowest BCUT2D eigenvalue weighted by molar-refractivity contribution is -0.138. The molecule has 1 aliphatic carbocycles. The normalized spacial score (nSPS) is 20.8. The van der Waals surface area contributed by atoms with Crippen LogP contribution in [0.5, 0.6) is 0 Å². The summed E-state index contributed by atoms with van der Waals surface area (Å²) < 4.78 is 0. The molecule has 0 saturated heterocycles. The van der Waals surface area contributed by atoms with Gasteiger partial charge in [-0.15, -0.1) is 0 Å². The standard InChI is InChI=1S/C16H17NO4/c1-10(16(20)21)17-9-13-14(18)7-12(8-15(13)19)11-5-3-2-4-6-11/h2-6,9-10,12,18H,7-8H2,1H3,(H,20,21). The van der Waals surface area contributed by atoms with Crippen molar-refractivity contribution >= 4 is 18.0 Å². The van der Waals surface area contributed by atoms with Gasteiger partial charge in [-0.3, -0.25) is 9.79 Å². The first-order valence-corrected chi connectivity index (χ1v) is 6.75. The molecule has 0 saturated carbocycles. The number of carboxylic acids is 1. The molecule has 0 fully saturated rings. The smallest absolute Gasteiger partial charge is 0.328 e. The summed E-state index contributed by atoms with van der Waals surface area (Å²) in [5.41, 5.74) is 1.13. The summed E-state index contributed by atoms with van der Waals surface area (Å²) in [7, 11) is 0. The van der Waals surface area contributed by atoms with Crippen molar-refractivity contribution in [3.63, 3.8) is 0 Å². The van der Waals surface area contributed by atoms with E-state index in [1.807, 2.05) is 30.3 Å². The fraction of sp³-hybridized carbons (Fsp3) is 0.312. The molecule has 0 heterocycles. The highest BCUT2D eigenvalue weighted by atomic mass is 16.4. The minimum Gasteiger partial charge on any atom is -0.511 e. The number of carbonyl (C=O) groups excluding carboxylic acids is 1. The van der Waals surface area contributed by atoms with Gasteiger partial charge in [0.25, 0.3) is 0 Å². The quantitative estimate of drug-likeness (QED) is 0.833. The number of aliphatic carboxylic acids is 1. The van der Waals surface area contributed by atoms with Gasteiger partial charge in [0, 0.05) is 19.1 Å². The fourth-order valence-electron chi connectivity index (χ4n) is 2.27. The van der Waals surface area contributed by atoms with E-state index in [1.165, 1.54) is 13.1 Å². The number of rotatable bonds is 4. The number of hydrogen-bond donors (Lipinski definition) is 2. The molecule has 5 nitrogen and oxygen atoms in total. The molecule has 0 radical (unpaired) electrons. The largest absolute Gasteiger partial charge is 0.511 e. The van der Waals surface area contributed by atoms with Gasteiger partial charge in [0.2, 0.25) is 0 Å². The van der Waals surface area contributed by atoms with Gasteiger partial charge in [0.1, 0.15) is 11.8 Å². The van der Waals surface area contributed by atoms with Crippen LogP contribution in [-0.2, 0) is 9.59 Å². The maximum absolute atomic E-state index is 12.1. The Kier molecular flexibility index (Phi) is 4.52. The Morgan fingerprint density at radius 2 is 2.00 bits per heavy atom. The van der Waals surface area contributed by atoms with E-state index in [9.17, 15) is 14.7 Å². The van der Waals surface area contributed by atoms with Crippen LogP contribution >= 0.6 is 0 Å². The van der Waals surface area contributed by atoms with Crippen LogP contribution in [0.25, 0.3) is 0 Å². The Morgan fingerprint density at radius 1 is 1.33 bits per heavy atom. The van der Waals surface area contributed by atoms with Crippen molar-refractivity contribution in [1.29, 1.82) is 0 Å². The fourth-order valence-corrected chi connectivity index (χ4v) is 2.27. The van der Waals surface area contributed by atoms with Crippen molar-refractivity contribution in [1.82, 2.24) is 0 Å². The van der Waals surface area contributed by atoms with Crippen molar-refractivity contribution in [2.24, 2.45) is 4.99 Å². The summed E-state index contributed by atoms with van der Waals surface area (Å²) >= 11 is 0. The predicted octanol–water partition coefficient (Wildman–Crippen LogP) is 2.49. The first kappa shape index (κ1) is 15.0. The highest BCUT2D eigenvalue weighted by Gasteiger charge is 2.27.